The zero-order valence-corrected chi connectivity index (χ0v) is 14.9. The normalized spacial score (nSPS) is 20.1. The molecule has 8 heteroatoms. The zero-order chi connectivity index (χ0) is 18.5. The van der Waals surface area contributed by atoms with E-state index in [1.807, 2.05) is 0 Å². The molecule has 3 heterocycles. The van der Waals surface area contributed by atoms with E-state index in [9.17, 15) is 14.4 Å². The molecule has 0 saturated carbocycles. The minimum absolute atomic E-state index is 0.0173. The number of hydrogen-bond acceptors (Lipinski definition) is 5. The molecule has 1 aromatic heterocycles. The number of hydrogen-bond donors (Lipinski definition) is 1. The molecule has 8 nitrogen and oxygen atoms in total. The summed E-state index contributed by atoms with van der Waals surface area (Å²) in [4.78, 5) is 43.8. The van der Waals surface area contributed by atoms with E-state index in [0.29, 0.717) is 43.9 Å². The summed E-state index contributed by atoms with van der Waals surface area (Å²) in [6, 6.07) is 1.57. The van der Waals surface area contributed by atoms with Gasteiger partial charge in [-0.25, -0.2) is 0 Å². The highest BCUT2D eigenvalue weighted by molar-refractivity contribution is 5.99. The summed E-state index contributed by atoms with van der Waals surface area (Å²) in [6.45, 7) is 4.74. The van der Waals surface area contributed by atoms with E-state index in [1.165, 1.54) is 19.3 Å². The van der Waals surface area contributed by atoms with Crippen molar-refractivity contribution in [3.05, 3.63) is 29.6 Å². The van der Waals surface area contributed by atoms with Gasteiger partial charge in [0.25, 0.3) is 11.8 Å². The van der Waals surface area contributed by atoms with Crippen LogP contribution >= 0.6 is 0 Å². The van der Waals surface area contributed by atoms with E-state index in [-0.39, 0.29) is 23.8 Å². The zero-order valence-electron chi connectivity index (χ0n) is 14.9. The lowest BCUT2D eigenvalue weighted by Gasteiger charge is -2.34. The van der Waals surface area contributed by atoms with Crippen LogP contribution in [0.2, 0.25) is 0 Å². The average Bonchev–Trinajstić information content (AvgIpc) is 3.19. The second kappa shape index (κ2) is 8.27. The summed E-state index contributed by atoms with van der Waals surface area (Å²) in [5, 5.41) is 2.83. The fourth-order valence-electron chi connectivity index (χ4n) is 3.20. The van der Waals surface area contributed by atoms with Crippen molar-refractivity contribution < 1.29 is 19.1 Å². The Bertz CT molecular complexity index is 680. The van der Waals surface area contributed by atoms with E-state index in [2.05, 4.69) is 10.3 Å². The molecule has 2 aliphatic rings. The van der Waals surface area contributed by atoms with Crippen molar-refractivity contribution in [2.45, 2.75) is 25.9 Å². The number of pyridine rings is 1. The number of amides is 3. The topological polar surface area (TPSA) is 91.8 Å². The molecule has 3 amide bonds. The molecule has 0 spiro atoms. The number of nitrogens with one attached hydrogen (secondary N) is 1. The van der Waals surface area contributed by atoms with Gasteiger partial charge in [-0.1, -0.05) is 0 Å². The lowest BCUT2D eigenvalue weighted by atomic mass is 10.1. The Morgan fingerprint density at radius 2 is 1.85 bits per heavy atom. The maximum Gasteiger partial charge on any atom is 0.255 e. The largest absolute Gasteiger partial charge is 0.376 e. The summed E-state index contributed by atoms with van der Waals surface area (Å²) in [5.41, 5.74) is 0.738. The van der Waals surface area contributed by atoms with Crippen LogP contribution in [0.15, 0.2) is 18.5 Å². The van der Waals surface area contributed by atoms with Gasteiger partial charge in [-0.3, -0.25) is 19.4 Å². The first-order valence-corrected chi connectivity index (χ1v) is 8.94. The summed E-state index contributed by atoms with van der Waals surface area (Å²) in [5.74, 6) is -0.415. The van der Waals surface area contributed by atoms with Gasteiger partial charge in [-0.2, -0.15) is 0 Å². The molecule has 1 unspecified atom stereocenters. The van der Waals surface area contributed by atoms with Gasteiger partial charge >= 0.3 is 0 Å². The second-order valence-corrected chi connectivity index (χ2v) is 6.61. The van der Waals surface area contributed by atoms with Crippen molar-refractivity contribution in [1.29, 1.82) is 0 Å². The standard InChI is InChI=1S/C18H24N4O4/c1-13(23)21-4-6-22(7-5-21)18(25)15-9-14(10-19-11-15)17(24)20-12-16-3-2-8-26-16/h9-11,16H,2-8,12H2,1H3,(H,20,24). The molecule has 1 aromatic rings. The number of piperazine rings is 1. The smallest absolute Gasteiger partial charge is 0.255 e. The number of carbonyl (C=O) groups is 3. The van der Waals surface area contributed by atoms with Crippen molar-refractivity contribution in [3.63, 3.8) is 0 Å². The first kappa shape index (κ1) is 18.3. The van der Waals surface area contributed by atoms with Crippen molar-refractivity contribution >= 4 is 17.7 Å². The lowest BCUT2D eigenvalue weighted by Crippen LogP contribution is -2.50. The van der Waals surface area contributed by atoms with E-state index in [0.717, 1.165) is 19.4 Å². The number of carbonyl (C=O) groups excluding carboxylic acids is 3. The van der Waals surface area contributed by atoms with Gasteiger partial charge in [0.1, 0.15) is 0 Å². The Morgan fingerprint density at radius 1 is 1.15 bits per heavy atom. The van der Waals surface area contributed by atoms with Crippen LogP contribution in [-0.4, -0.2) is 77.9 Å². The highest BCUT2D eigenvalue weighted by Gasteiger charge is 2.24. The summed E-state index contributed by atoms with van der Waals surface area (Å²) < 4.78 is 5.49. The average molecular weight is 360 g/mol. The van der Waals surface area contributed by atoms with Gasteiger partial charge in [0.2, 0.25) is 5.91 Å². The summed E-state index contributed by atoms with van der Waals surface area (Å²) in [6.07, 6.45) is 4.95. The second-order valence-electron chi connectivity index (χ2n) is 6.61. The molecular formula is C18H24N4O4. The maximum atomic E-state index is 12.6. The Hall–Kier alpha value is -2.48. The van der Waals surface area contributed by atoms with E-state index >= 15 is 0 Å². The van der Waals surface area contributed by atoms with Crippen LogP contribution in [0.4, 0.5) is 0 Å². The van der Waals surface area contributed by atoms with E-state index in [1.54, 1.807) is 15.9 Å². The van der Waals surface area contributed by atoms with Gasteiger partial charge in [0.15, 0.2) is 0 Å². The first-order valence-electron chi connectivity index (χ1n) is 8.94. The van der Waals surface area contributed by atoms with Crippen LogP contribution in [-0.2, 0) is 9.53 Å². The monoisotopic (exact) mass is 360 g/mol. The number of ether oxygens (including phenoxy) is 1. The van der Waals surface area contributed by atoms with Crippen LogP contribution in [0.5, 0.6) is 0 Å². The van der Waals surface area contributed by atoms with Crippen LogP contribution in [0.25, 0.3) is 0 Å². The van der Waals surface area contributed by atoms with Gasteiger partial charge in [-0.15, -0.1) is 0 Å². The Kier molecular flexibility index (Phi) is 5.82. The molecule has 26 heavy (non-hydrogen) atoms. The van der Waals surface area contributed by atoms with Gasteiger partial charge in [0.05, 0.1) is 17.2 Å². The molecule has 140 valence electrons. The highest BCUT2D eigenvalue weighted by Crippen LogP contribution is 2.12. The fourth-order valence-corrected chi connectivity index (χ4v) is 3.20. The molecular weight excluding hydrogens is 336 g/mol. The quantitative estimate of drug-likeness (QED) is 0.834. The molecule has 1 N–H and O–H groups in total. The minimum Gasteiger partial charge on any atom is -0.376 e. The molecule has 3 rings (SSSR count). The van der Waals surface area contributed by atoms with Crippen molar-refractivity contribution in [3.8, 4) is 0 Å². The molecule has 2 aliphatic heterocycles. The number of rotatable bonds is 4. The molecule has 0 bridgehead atoms. The van der Waals surface area contributed by atoms with Gasteiger partial charge < -0.3 is 19.9 Å². The summed E-state index contributed by atoms with van der Waals surface area (Å²) >= 11 is 0. The first-order chi connectivity index (χ1) is 12.5. The molecule has 1 atom stereocenters. The SMILES string of the molecule is CC(=O)N1CCN(C(=O)c2cncc(C(=O)NCC3CCCO3)c2)CC1. The molecule has 2 saturated heterocycles. The van der Waals surface area contributed by atoms with Crippen molar-refractivity contribution in [2.24, 2.45) is 0 Å². The lowest BCUT2D eigenvalue weighted by molar-refractivity contribution is -0.130. The van der Waals surface area contributed by atoms with Crippen molar-refractivity contribution in [1.82, 2.24) is 20.1 Å². The highest BCUT2D eigenvalue weighted by atomic mass is 16.5. The van der Waals surface area contributed by atoms with Crippen LogP contribution in [0, 0.1) is 0 Å². The third-order valence-electron chi connectivity index (χ3n) is 4.77. The predicted octanol–water partition coefficient (Wildman–Crippen LogP) is 0.295. The van der Waals surface area contributed by atoms with E-state index < -0.39 is 0 Å². The Balaban J connectivity index is 1.58. The Labute approximate surface area is 152 Å². The number of nitrogens with zero attached hydrogens (tertiary/aromatic N) is 3. The third kappa shape index (κ3) is 4.37. The molecule has 0 aromatic carbocycles. The number of aromatic nitrogens is 1. The molecule has 2 fully saturated rings. The van der Waals surface area contributed by atoms with Crippen molar-refractivity contribution in [2.75, 3.05) is 39.3 Å². The van der Waals surface area contributed by atoms with Crippen LogP contribution < -0.4 is 5.32 Å². The van der Waals surface area contributed by atoms with Gasteiger partial charge in [-0.05, 0) is 18.9 Å². The predicted molar refractivity (Wildman–Crippen MR) is 93.7 cm³/mol. The van der Waals surface area contributed by atoms with Gasteiger partial charge in [0, 0.05) is 58.6 Å². The van der Waals surface area contributed by atoms with Crippen LogP contribution in [0.3, 0.4) is 0 Å². The Morgan fingerprint density at radius 3 is 2.50 bits per heavy atom. The fraction of sp³-hybridized carbons (Fsp3) is 0.556. The minimum atomic E-state index is -0.260. The van der Waals surface area contributed by atoms with E-state index in [4.69, 9.17) is 4.74 Å². The third-order valence-corrected chi connectivity index (χ3v) is 4.77. The summed E-state index contributed by atoms with van der Waals surface area (Å²) in [7, 11) is 0. The molecule has 0 radical (unpaired) electrons. The maximum absolute atomic E-state index is 12.6. The molecule has 0 aliphatic carbocycles. The van der Waals surface area contributed by atoms with Crippen LogP contribution in [0.1, 0.15) is 40.5 Å².